The molecule has 0 aromatic heterocycles. The fourth-order valence-corrected chi connectivity index (χ4v) is 4.79. The predicted octanol–water partition coefficient (Wildman–Crippen LogP) is 3.91. The quantitative estimate of drug-likeness (QED) is 0.584. The summed E-state index contributed by atoms with van der Waals surface area (Å²) in [5.74, 6) is -0.682. The van der Waals surface area contributed by atoms with Crippen LogP contribution in [0.25, 0.3) is 0 Å². The molecule has 0 saturated carbocycles. The average molecular weight is 425 g/mol. The van der Waals surface area contributed by atoms with Crippen molar-refractivity contribution in [2.75, 3.05) is 13.1 Å². The van der Waals surface area contributed by atoms with Crippen LogP contribution < -0.4 is 0 Å². The Bertz CT molecular complexity index is 1120. The zero-order valence-corrected chi connectivity index (χ0v) is 17.7. The van der Waals surface area contributed by atoms with Gasteiger partial charge in [-0.3, -0.25) is 19.3 Å². The fraction of sp³-hybridized carbons (Fsp3) is 0.222. The van der Waals surface area contributed by atoms with Crippen molar-refractivity contribution >= 4 is 17.7 Å². The maximum absolute atomic E-state index is 13.7. The van der Waals surface area contributed by atoms with Crippen molar-refractivity contribution in [3.05, 3.63) is 107 Å². The summed E-state index contributed by atoms with van der Waals surface area (Å²) in [6.07, 6.45) is 1.17. The van der Waals surface area contributed by atoms with E-state index in [9.17, 15) is 14.4 Å². The number of hydrogen-bond donors (Lipinski definition) is 0. The maximum atomic E-state index is 13.7. The largest absolute Gasteiger partial charge is 0.340 e. The van der Waals surface area contributed by atoms with Gasteiger partial charge < -0.3 is 4.90 Å². The van der Waals surface area contributed by atoms with Gasteiger partial charge >= 0.3 is 0 Å². The van der Waals surface area contributed by atoms with Gasteiger partial charge in [0.1, 0.15) is 6.04 Å². The average Bonchev–Trinajstić information content (AvgIpc) is 3.43. The van der Waals surface area contributed by atoms with E-state index in [1.165, 1.54) is 10.5 Å². The van der Waals surface area contributed by atoms with Crippen molar-refractivity contribution in [1.29, 1.82) is 0 Å². The third-order valence-electron chi connectivity index (χ3n) is 6.46. The highest BCUT2D eigenvalue weighted by molar-refractivity contribution is 6.22. The van der Waals surface area contributed by atoms with Gasteiger partial charge in [-0.1, -0.05) is 72.8 Å². The second kappa shape index (κ2) is 8.42. The first kappa shape index (κ1) is 20.2. The Balaban J connectivity index is 1.44. The van der Waals surface area contributed by atoms with E-state index in [1.807, 2.05) is 53.4 Å². The molecule has 2 heterocycles. The number of imide groups is 1. The lowest BCUT2D eigenvalue weighted by Crippen LogP contribution is -2.51. The molecule has 3 aromatic carbocycles. The first-order valence-corrected chi connectivity index (χ1v) is 11.0. The molecule has 2 aliphatic heterocycles. The molecule has 32 heavy (non-hydrogen) atoms. The number of benzene rings is 3. The summed E-state index contributed by atoms with van der Waals surface area (Å²) < 4.78 is 0. The van der Waals surface area contributed by atoms with Crippen molar-refractivity contribution in [1.82, 2.24) is 9.80 Å². The highest BCUT2D eigenvalue weighted by atomic mass is 16.2. The minimum Gasteiger partial charge on any atom is -0.340 e. The van der Waals surface area contributed by atoms with Gasteiger partial charge in [0.15, 0.2) is 0 Å². The lowest BCUT2D eigenvalue weighted by atomic mass is 9.99. The van der Waals surface area contributed by atoms with Gasteiger partial charge in [-0.25, -0.2) is 0 Å². The molecule has 1 fully saturated rings. The van der Waals surface area contributed by atoms with E-state index < -0.39 is 17.9 Å². The van der Waals surface area contributed by atoms with Crippen LogP contribution in [0.1, 0.15) is 44.2 Å². The lowest BCUT2D eigenvalue weighted by Gasteiger charge is -2.29. The van der Waals surface area contributed by atoms with Gasteiger partial charge in [0.05, 0.1) is 11.1 Å². The van der Waals surface area contributed by atoms with Crippen LogP contribution in [0.5, 0.6) is 0 Å². The molecule has 0 unspecified atom stereocenters. The standard InChI is InChI=1S/C27H24N2O3/c30-25-22-13-7-8-14-23(22)26(31)29(25)24(17-19-9-3-1-4-10-19)27(32)28-16-15-21(18-28)20-11-5-2-6-12-20/h1-14,21,24H,15-18H2/t21-,24+/m0/s1. The van der Waals surface area contributed by atoms with Crippen LogP contribution in [0.2, 0.25) is 0 Å². The van der Waals surface area contributed by atoms with Gasteiger partial charge in [0, 0.05) is 25.4 Å². The first-order chi connectivity index (χ1) is 15.6. The third kappa shape index (κ3) is 3.60. The van der Waals surface area contributed by atoms with E-state index in [2.05, 4.69) is 12.1 Å². The van der Waals surface area contributed by atoms with E-state index in [4.69, 9.17) is 0 Å². The minimum absolute atomic E-state index is 0.165. The van der Waals surface area contributed by atoms with Crippen LogP contribution >= 0.6 is 0 Å². The van der Waals surface area contributed by atoms with Gasteiger partial charge in [-0.2, -0.15) is 0 Å². The van der Waals surface area contributed by atoms with Crippen molar-refractivity contribution in [3.63, 3.8) is 0 Å². The van der Waals surface area contributed by atoms with Crippen molar-refractivity contribution < 1.29 is 14.4 Å². The molecule has 0 radical (unpaired) electrons. The van der Waals surface area contributed by atoms with Crippen LogP contribution in [0.15, 0.2) is 84.9 Å². The Hall–Kier alpha value is -3.73. The Morgan fingerprint density at radius 3 is 2.00 bits per heavy atom. The molecular formula is C27H24N2O3. The van der Waals surface area contributed by atoms with Crippen LogP contribution in [0.4, 0.5) is 0 Å². The zero-order chi connectivity index (χ0) is 22.1. The van der Waals surface area contributed by atoms with Gasteiger partial charge in [0.25, 0.3) is 11.8 Å². The molecule has 2 aliphatic rings. The molecule has 160 valence electrons. The summed E-state index contributed by atoms with van der Waals surface area (Å²) in [6, 6.07) is 25.7. The third-order valence-corrected chi connectivity index (χ3v) is 6.46. The molecule has 3 amide bonds. The summed E-state index contributed by atoms with van der Waals surface area (Å²) in [4.78, 5) is 43.1. The van der Waals surface area contributed by atoms with E-state index >= 15 is 0 Å². The maximum Gasteiger partial charge on any atom is 0.262 e. The van der Waals surface area contributed by atoms with Crippen LogP contribution in [-0.4, -0.2) is 46.7 Å². The highest BCUT2D eigenvalue weighted by Crippen LogP contribution is 2.31. The predicted molar refractivity (Wildman–Crippen MR) is 121 cm³/mol. The molecule has 3 aromatic rings. The lowest BCUT2D eigenvalue weighted by molar-refractivity contribution is -0.134. The van der Waals surface area contributed by atoms with Crippen molar-refractivity contribution in [2.45, 2.75) is 24.8 Å². The molecule has 0 spiro atoms. The Kier molecular flexibility index (Phi) is 5.31. The van der Waals surface area contributed by atoms with Crippen LogP contribution in [0, 0.1) is 0 Å². The number of amides is 3. The summed E-state index contributed by atoms with van der Waals surface area (Å²) in [6.45, 7) is 1.21. The zero-order valence-electron chi connectivity index (χ0n) is 17.7. The SMILES string of the molecule is O=C([C@@H](Cc1ccccc1)N1C(=O)c2ccccc2C1=O)N1CC[C@H](c2ccccc2)C1. The van der Waals surface area contributed by atoms with Crippen molar-refractivity contribution in [3.8, 4) is 0 Å². The number of carbonyl (C=O) groups is 3. The van der Waals surface area contributed by atoms with Crippen molar-refractivity contribution in [2.24, 2.45) is 0 Å². The molecule has 5 heteroatoms. The molecule has 2 atom stereocenters. The number of likely N-dealkylation sites (tertiary alicyclic amines) is 1. The van der Waals surface area contributed by atoms with E-state index in [-0.39, 0.29) is 11.8 Å². The van der Waals surface area contributed by atoms with Gasteiger partial charge in [0.2, 0.25) is 5.91 Å². The number of hydrogen-bond acceptors (Lipinski definition) is 3. The Morgan fingerprint density at radius 1 is 0.812 bits per heavy atom. The van der Waals surface area contributed by atoms with E-state index in [1.54, 1.807) is 24.3 Å². The second-order valence-electron chi connectivity index (χ2n) is 8.41. The number of carbonyl (C=O) groups excluding carboxylic acids is 3. The molecule has 5 rings (SSSR count). The molecular weight excluding hydrogens is 400 g/mol. The first-order valence-electron chi connectivity index (χ1n) is 11.0. The smallest absolute Gasteiger partial charge is 0.262 e. The fourth-order valence-electron chi connectivity index (χ4n) is 4.79. The molecule has 0 aliphatic carbocycles. The van der Waals surface area contributed by atoms with Crippen LogP contribution in [-0.2, 0) is 11.2 Å². The monoisotopic (exact) mass is 424 g/mol. The summed E-state index contributed by atoms with van der Waals surface area (Å²) in [5.41, 5.74) is 2.86. The number of fused-ring (bicyclic) bond motifs is 1. The molecule has 0 bridgehead atoms. The highest BCUT2D eigenvalue weighted by Gasteiger charge is 2.44. The van der Waals surface area contributed by atoms with Crippen LogP contribution in [0.3, 0.4) is 0 Å². The number of nitrogens with zero attached hydrogens (tertiary/aromatic N) is 2. The van der Waals surface area contributed by atoms with Gasteiger partial charge in [-0.15, -0.1) is 0 Å². The van der Waals surface area contributed by atoms with Gasteiger partial charge in [-0.05, 0) is 29.7 Å². The van der Waals surface area contributed by atoms with E-state index in [0.717, 1.165) is 12.0 Å². The topological polar surface area (TPSA) is 57.7 Å². The molecule has 0 N–H and O–H groups in total. The summed E-state index contributed by atoms with van der Waals surface area (Å²) >= 11 is 0. The normalized spacial score (nSPS) is 18.7. The molecule has 5 nitrogen and oxygen atoms in total. The minimum atomic E-state index is -0.862. The summed E-state index contributed by atoms with van der Waals surface area (Å²) in [7, 11) is 0. The van der Waals surface area contributed by atoms with E-state index in [0.29, 0.717) is 30.6 Å². The summed E-state index contributed by atoms with van der Waals surface area (Å²) in [5, 5.41) is 0. The molecule has 1 saturated heterocycles. The Labute approximate surface area is 187 Å². The Morgan fingerprint density at radius 2 is 1.38 bits per heavy atom. The second-order valence-corrected chi connectivity index (χ2v) is 8.41. The number of rotatable bonds is 5.